The summed E-state index contributed by atoms with van der Waals surface area (Å²) >= 11 is 0. The van der Waals surface area contributed by atoms with Crippen molar-refractivity contribution in [2.75, 3.05) is 0 Å². The highest BCUT2D eigenvalue weighted by Crippen LogP contribution is 2.30. The SMILES string of the molecule is CC1=COC(c2ccc(C(F)(F)F)cc2)N1. The predicted octanol–water partition coefficient (Wildman–Crippen LogP) is 3.19. The average Bonchev–Trinajstić information content (AvgIpc) is 2.64. The van der Waals surface area contributed by atoms with Crippen molar-refractivity contribution in [3.63, 3.8) is 0 Å². The third kappa shape index (κ3) is 2.13. The van der Waals surface area contributed by atoms with Crippen LogP contribution < -0.4 is 5.32 Å². The van der Waals surface area contributed by atoms with Crippen molar-refractivity contribution in [1.29, 1.82) is 0 Å². The summed E-state index contributed by atoms with van der Waals surface area (Å²) in [6.07, 6.45) is -3.14. The van der Waals surface area contributed by atoms with Crippen LogP contribution in [0, 0.1) is 0 Å². The van der Waals surface area contributed by atoms with Crippen LogP contribution >= 0.6 is 0 Å². The molecule has 0 aliphatic carbocycles. The first-order valence-electron chi connectivity index (χ1n) is 4.73. The van der Waals surface area contributed by atoms with Crippen LogP contribution in [0.2, 0.25) is 0 Å². The summed E-state index contributed by atoms with van der Waals surface area (Å²) in [7, 11) is 0. The minimum Gasteiger partial charge on any atom is -0.472 e. The topological polar surface area (TPSA) is 21.3 Å². The maximum Gasteiger partial charge on any atom is 0.416 e. The fourth-order valence-corrected chi connectivity index (χ4v) is 1.45. The van der Waals surface area contributed by atoms with E-state index in [1.54, 1.807) is 6.26 Å². The van der Waals surface area contributed by atoms with E-state index >= 15 is 0 Å². The summed E-state index contributed by atoms with van der Waals surface area (Å²) in [5, 5.41) is 2.99. The van der Waals surface area contributed by atoms with Crippen LogP contribution in [-0.4, -0.2) is 0 Å². The number of ether oxygens (including phenoxy) is 1. The summed E-state index contributed by atoms with van der Waals surface area (Å²) in [6, 6.07) is 4.92. The van der Waals surface area contributed by atoms with Gasteiger partial charge in [0.2, 0.25) is 0 Å². The number of hydrogen-bond donors (Lipinski definition) is 1. The van der Waals surface area contributed by atoms with Gasteiger partial charge in [-0.15, -0.1) is 0 Å². The van der Waals surface area contributed by atoms with Crippen LogP contribution in [0.1, 0.15) is 24.3 Å². The molecule has 0 radical (unpaired) electrons. The van der Waals surface area contributed by atoms with Gasteiger partial charge in [0.15, 0.2) is 6.23 Å². The second kappa shape index (κ2) is 3.73. The number of hydrogen-bond acceptors (Lipinski definition) is 2. The average molecular weight is 229 g/mol. The van der Waals surface area contributed by atoms with Gasteiger partial charge >= 0.3 is 6.18 Å². The molecule has 1 aliphatic rings. The number of allylic oxidation sites excluding steroid dienone is 1. The smallest absolute Gasteiger partial charge is 0.416 e. The fourth-order valence-electron chi connectivity index (χ4n) is 1.45. The number of rotatable bonds is 1. The van der Waals surface area contributed by atoms with E-state index in [9.17, 15) is 13.2 Å². The molecule has 1 heterocycles. The lowest BCUT2D eigenvalue weighted by atomic mass is 10.1. The van der Waals surface area contributed by atoms with Crippen molar-refractivity contribution in [1.82, 2.24) is 5.32 Å². The summed E-state index contributed by atoms with van der Waals surface area (Å²) in [4.78, 5) is 0. The van der Waals surface area contributed by atoms with Gasteiger partial charge in [0.05, 0.1) is 5.56 Å². The van der Waals surface area contributed by atoms with Gasteiger partial charge < -0.3 is 10.1 Å². The fraction of sp³-hybridized carbons (Fsp3) is 0.273. The Morgan fingerprint density at radius 3 is 2.25 bits per heavy atom. The van der Waals surface area contributed by atoms with E-state index in [1.165, 1.54) is 12.1 Å². The maximum absolute atomic E-state index is 12.3. The van der Waals surface area contributed by atoms with E-state index in [2.05, 4.69) is 5.32 Å². The molecule has 86 valence electrons. The van der Waals surface area contributed by atoms with Crippen LogP contribution in [0.25, 0.3) is 0 Å². The summed E-state index contributed by atoms with van der Waals surface area (Å²) in [5.74, 6) is 0. The van der Waals surface area contributed by atoms with E-state index in [-0.39, 0.29) is 6.23 Å². The molecule has 1 N–H and O–H groups in total. The van der Waals surface area contributed by atoms with Crippen molar-refractivity contribution >= 4 is 0 Å². The molecule has 0 fully saturated rings. The first-order valence-corrected chi connectivity index (χ1v) is 4.73. The van der Waals surface area contributed by atoms with E-state index in [1.807, 2.05) is 6.92 Å². The lowest BCUT2D eigenvalue weighted by Crippen LogP contribution is -2.14. The quantitative estimate of drug-likeness (QED) is 0.798. The molecule has 1 aromatic carbocycles. The lowest BCUT2D eigenvalue weighted by Gasteiger charge is -2.13. The molecule has 1 unspecified atom stereocenters. The Morgan fingerprint density at radius 1 is 1.19 bits per heavy atom. The summed E-state index contributed by atoms with van der Waals surface area (Å²) < 4.78 is 42.1. The predicted molar refractivity (Wildman–Crippen MR) is 52.2 cm³/mol. The minimum atomic E-state index is -4.29. The number of halogens is 3. The standard InChI is InChI=1S/C11H10F3NO/c1-7-6-16-10(15-7)8-2-4-9(5-3-8)11(12,13)14/h2-6,10,15H,1H3. The van der Waals surface area contributed by atoms with Crippen molar-refractivity contribution in [2.45, 2.75) is 19.3 Å². The largest absolute Gasteiger partial charge is 0.472 e. The number of alkyl halides is 3. The van der Waals surface area contributed by atoms with Gasteiger partial charge in [-0.1, -0.05) is 12.1 Å². The van der Waals surface area contributed by atoms with Crippen LogP contribution in [0.3, 0.4) is 0 Å². The molecule has 1 atom stereocenters. The number of nitrogens with one attached hydrogen (secondary N) is 1. The Morgan fingerprint density at radius 2 is 1.81 bits per heavy atom. The van der Waals surface area contributed by atoms with Gasteiger partial charge in [-0.05, 0) is 19.1 Å². The van der Waals surface area contributed by atoms with E-state index < -0.39 is 11.7 Å². The van der Waals surface area contributed by atoms with Crippen LogP contribution in [0.15, 0.2) is 36.2 Å². The lowest BCUT2D eigenvalue weighted by molar-refractivity contribution is -0.137. The first-order chi connectivity index (χ1) is 7.47. The first kappa shape index (κ1) is 10.9. The molecule has 0 saturated carbocycles. The Bertz CT molecular complexity index is 408. The maximum atomic E-state index is 12.3. The molecular weight excluding hydrogens is 219 g/mol. The molecule has 0 aromatic heterocycles. The van der Waals surface area contributed by atoms with Gasteiger partial charge in [0.25, 0.3) is 0 Å². The molecular formula is C11H10F3NO. The van der Waals surface area contributed by atoms with Gasteiger partial charge in [0.1, 0.15) is 6.26 Å². The van der Waals surface area contributed by atoms with Crippen molar-refractivity contribution in [2.24, 2.45) is 0 Å². The molecule has 0 saturated heterocycles. The highest BCUT2D eigenvalue weighted by Gasteiger charge is 2.30. The zero-order chi connectivity index (χ0) is 11.8. The Kier molecular flexibility index (Phi) is 2.53. The third-order valence-corrected chi connectivity index (χ3v) is 2.28. The van der Waals surface area contributed by atoms with E-state index in [4.69, 9.17) is 4.74 Å². The molecule has 0 amide bonds. The molecule has 0 bridgehead atoms. The van der Waals surface area contributed by atoms with Crippen molar-refractivity contribution in [3.05, 3.63) is 47.4 Å². The third-order valence-electron chi connectivity index (χ3n) is 2.28. The molecule has 1 aliphatic heterocycles. The van der Waals surface area contributed by atoms with Gasteiger partial charge in [-0.3, -0.25) is 0 Å². The minimum absolute atomic E-state index is 0.387. The Hall–Kier alpha value is -1.65. The zero-order valence-electron chi connectivity index (χ0n) is 8.51. The van der Waals surface area contributed by atoms with E-state index in [0.717, 1.165) is 17.8 Å². The monoisotopic (exact) mass is 229 g/mol. The van der Waals surface area contributed by atoms with Crippen molar-refractivity contribution < 1.29 is 17.9 Å². The number of benzene rings is 1. The Labute approximate surface area is 90.7 Å². The van der Waals surface area contributed by atoms with Gasteiger partial charge in [-0.25, -0.2) is 0 Å². The molecule has 5 heteroatoms. The highest BCUT2D eigenvalue weighted by atomic mass is 19.4. The van der Waals surface area contributed by atoms with Gasteiger partial charge in [0, 0.05) is 11.3 Å². The normalized spacial score (nSPS) is 20.0. The molecule has 16 heavy (non-hydrogen) atoms. The van der Waals surface area contributed by atoms with Gasteiger partial charge in [-0.2, -0.15) is 13.2 Å². The molecule has 2 rings (SSSR count). The van der Waals surface area contributed by atoms with Crippen LogP contribution in [0.4, 0.5) is 13.2 Å². The molecule has 1 aromatic rings. The molecule has 0 spiro atoms. The van der Waals surface area contributed by atoms with Crippen LogP contribution in [-0.2, 0) is 10.9 Å². The highest BCUT2D eigenvalue weighted by molar-refractivity contribution is 5.27. The van der Waals surface area contributed by atoms with Crippen LogP contribution in [0.5, 0.6) is 0 Å². The second-order valence-corrected chi connectivity index (χ2v) is 3.58. The Balaban J connectivity index is 2.15. The van der Waals surface area contributed by atoms with Crippen molar-refractivity contribution in [3.8, 4) is 0 Å². The summed E-state index contributed by atoms with van der Waals surface area (Å²) in [6.45, 7) is 1.82. The zero-order valence-corrected chi connectivity index (χ0v) is 8.51. The van der Waals surface area contributed by atoms with E-state index in [0.29, 0.717) is 5.56 Å². The molecule has 2 nitrogen and oxygen atoms in total. The summed E-state index contributed by atoms with van der Waals surface area (Å²) in [5.41, 5.74) is 0.866. The second-order valence-electron chi connectivity index (χ2n) is 3.58.